The number of nitrogens with one attached hydrogen (secondary N) is 3. The van der Waals surface area contributed by atoms with Gasteiger partial charge in [0.1, 0.15) is 17.7 Å². The van der Waals surface area contributed by atoms with Gasteiger partial charge in [-0.1, -0.05) is 0 Å². The van der Waals surface area contributed by atoms with Gasteiger partial charge in [0.15, 0.2) is 17.3 Å². The summed E-state index contributed by atoms with van der Waals surface area (Å²) in [6.07, 6.45) is 0. The number of hydrogen-bond acceptors (Lipinski definition) is 9. The van der Waals surface area contributed by atoms with E-state index in [-0.39, 0.29) is 18.0 Å². The van der Waals surface area contributed by atoms with E-state index in [9.17, 15) is 9.50 Å². The number of nitrogens with zero attached hydrogens (tertiary/aromatic N) is 6. The number of aliphatic hydroxyl groups is 1. The standard InChI is InChI=1S/C23H22FN9O/c1-13-4-6-22(31-30-13)27-18-10-20(19(26-3)9-17(18)24)28-21-7-5-15(12-34)23(29-21)33-14(2)8-16(11-25)32-33/h4-10,26,34H,12H2,1-3H3,(H,27,31)(H,28,29). The first-order valence-electron chi connectivity index (χ1n) is 10.4. The highest BCUT2D eigenvalue weighted by Crippen LogP contribution is 2.32. The van der Waals surface area contributed by atoms with Crippen molar-refractivity contribution < 1.29 is 9.50 Å². The topological polar surface area (TPSA) is 137 Å². The zero-order valence-electron chi connectivity index (χ0n) is 18.8. The number of halogens is 1. The normalized spacial score (nSPS) is 10.6. The summed E-state index contributed by atoms with van der Waals surface area (Å²) in [5.74, 6) is 0.748. The van der Waals surface area contributed by atoms with Crippen LogP contribution in [0.2, 0.25) is 0 Å². The molecule has 11 heteroatoms. The monoisotopic (exact) mass is 459 g/mol. The average molecular weight is 459 g/mol. The van der Waals surface area contributed by atoms with E-state index in [2.05, 4.69) is 36.2 Å². The van der Waals surface area contributed by atoms with E-state index in [0.717, 1.165) is 5.69 Å². The van der Waals surface area contributed by atoms with Crippen molar-refractivity contribution in [1.82, 2.24) is 25.0 Å². The van der Waals surface area contributed by atoms with Crippen molar-refractivity contribution in [2.24, 2.45) is 0 Å². The largest absolute Gasteiger partial charge is 0.392 e. The highest BCUT2D eigenvalue weighted by Gasteiger charge is 2.15. The lowest BCUT2D eigenvalue weighted by Gasteiger charge is -2.16. The third-order valence-electron chi connectivity index (χ3n) is 5.03. The lowest BCUT2D eigenvalue weighted by molar-refractivity contribution is 0.281. The van der Waals surface area contributed by atoms with Gasteiger partial charge < -0.3 is 21.1 Å². The van der Waals surface area contributed by atoms with Crippen LogP contribution in [0.25, 0.3) is 5.82 Å². The molecule has 0 aliphatic heterocycles. The number of nitriles is 1. The quantitative estimate of drug-likeness (QED) is 0.326. The summed E-state index contributed by atoms with van der Waals surface area (Å²) >= 11 is 0. The Morgan fingerprint density at radius 1 is 1.00 bits per heavy atom. The third-order valence-corrected chi connectivity index (χ3v) is 5.03. The Bertz CT molecular complexity index is 1380. The molecule has 0 aliphatic carbocycles. The maximum atomic E-state index is 14.7. The Hall–Kier alpha value is -4.56. The predicted molar refractivity (Wildman–Crippen MR) is 126 cm³/mol. The van der Waals surface area contributed by atoms with Crippen molar-refractivity contribution in [2.45, 2.75) is 20.5 Å². The molecule has 1 aromatic carbocycles. The molecule has 4 aromatic rings. The number of rotatable bonds is 7. The van der Waals surface area contributed by atoms with Gasteiger partial charge in [-0.15, -0.1) is 5.10 Å². The number of anilines is 5. The highest BCUT2D eigenvalue weighted by molar-refractivity contribution is 5.79. The molecule has 34 heavy (non-hydrogen) atoms. The van der Waals surface area contributed by atoms with Crippen molar-refractivity contribution in [3.8, 4) is 11.9 Å². The summed E-state index contributed by atoms with van der Waals surface area (Å²) in [5, 5.41) is 40.3. The molecule has 172 valence electrons. The first kappa shape index (κ1) is 22.6. The van der Waals surface area contributed by atoms with E-state index < -0.39 is 5.82 Å². The molecule has 0 aliphatic rings. The molecule has 4 N–H and O–H groups in total. The number of hydrogen-bond donors (Lipinski definition) is 4. The van der Waals surface area contributed by atoms with Gasteiger partial charge in [-0.05, 0) is 50.2 Å². The van der Waals surface area contributed by atoms with E-state index in [4.69, 9.17) is 5.26 Å². The molecule has 4 rings (SSSR count). The van der Waals surface area contributed by atoms with Crippen LogP contribution < -0.4 is 16.0 Å². The molecule has 3 heterocycles. The first-order chi connectivity index (χ1) is 16.4. The fourth-order valence-corrected chi connectivity index (χ4v) is 3.32. The Labute approximate surface area is 195 Å². The van der Waals surface area contributed by atoms with Crippen LogP contribution in [-0.4, -0.2) is 37.1 Å². The number of aliphatic hydroxyl groups excluding tert-OH is 1. The molecular formula is C23H22FN9O. The maximum absolute atomic E-state index is 14.7. The Morgan fingerprint density at radius 2 is 1.76 bits per heavy atom. The van der Waals surface area contributed by atoms with Crippen LogP contribution in [0.1, 0.15) is 22.6 Å². The second kappa shape index (κ2) is 9.51. The Kier molecular flexibility index (Phi) is 6.33. The van der Waals surface area contributed by atoms with E-state index in [1.807, 2.05) is 13.0 Å². The molecule has 0 saturated carbocycles. The number of aromatic nitrogens is 5. The van der Waals surface area contributed by atoms with Gasteiger partial charge in [0, 0.05) is 24.4 Å². The number of benzene rings is 1. The molecule has 0 amide bonds. The summed E-state index contributed by atoms with van der Waals surface area (Å²) < 4.78 is 16.2. The van der Waals surface area contributed by atoms with Crippen molar-refractivity contribution in [1.29, 1.82) is 5.26 Å². The Morgan fingerprint density at radius 3 is 2.41 bits per heavy atom. The summed E-state index contributed by atoms with van der Waals surface area (Å²) in [4.78, 5) is 4.59. The minimum absolute atomic E-state index is 0.202. The van der Waals surface area contributed by atoms with E-state index in [1.54, 1.807) is 50.4 Å². The van der Waals surface area contributed by atoms with E-state index in [0.29, 0.717) is 40.1 Å². The molecule has 0 radical (unpaired) electrons. The zero-order chi connectivity index (χ0) is 24.2. The van der Waals surface area contributed by atoms with Crippen molar-refractivity contribution in [3.05, 3.63) is 70.9 Å². The number of aryl methyl sites for hydroxylation is 2. The van der Waals surface area contributed by atoms with Gasteiger partial charge in [0.05, 0.1) is 29.4 Å². The molecule has 0 bridgehead atoms. The lowest BCUT2D eigenvalue weighted by Crippen LogP contribution is -2.09. The van der Waals surface area contributed by atoms with Gasteiger partial charge >= 0.3 is 0 Å². The minimum Gasteiger partial charge on any atom is -0.392 e. The van der Waals surface area contributed by atoms with Crippen LogP contribution in [0.5, 0.6) is 0 Å². The van der Waals surface area contributed by atoms with Crippen molar-refractivity contribution >= 4 is 28.7 Å². The molecule has 0 saturated heterocycles. The van der Waals surface area contributed by atoms with Gasteiger partial charge in [-0.2, -0.15) is 15.5 Å². The molecule has 0 atom stereocenters. The second-order valence-electron chi connectivity index (χ2n) is 7.47. The summed E-state index contributed by atoms with van der Waals surface area (Å²) in [6, 6.07) is 13.5. The molecule has 3 aromatic heterocycles. The number of pyridine rings is 1. The zero-order valence-corrected chi connectivity index (χ0v) is 18.8. The van der Waals surface area contributed by atoms with E-state index in [1.165, 1.54) is 10.7 Å². The van der Waals surface area contributed by atoms with E-state index >= 15 is 0 Å². The van der Waals surface area contributed by atoms with Crippen LogP contribution in [0, 0.1) is 31.0 Å². The summed E-state index contributed by atoms with van der Waals surface area (Å²) in [5.41, 5.74) is 3.49. The minimum atomic E-state index is -0.474. The molecule has 0 fully saturated rings. The smallest absolute Gasteiger partial charge is 0.163 e. The van der Waals surface area contributed by atoms with Gasteiger partial charge in [0.2, 0.25) is 0 Å². The van der Waals surface area contributed by atoms with Crippen molar-refractivity contribution in [3.63, 3.8) is 0 Å². The summed E-state index contributed by atoms with van der Waals surface area (Å²) in [6.45, 7) is 3.35. The van der Waals surface area contributed by atoms with Crippen molar-refractivity contribution in [2.75, 3.05) is 23.0 Å². The van der Waals surface area contributed by atoms with Crippen LogP contribution in [0.3, 0.4) is 0 Å². The average Bonchev–Trinajstić information content (AvgIpc) is 3.22. The van der Waals surface area contributed by atoms with Gasteiger partial charge in [-0.3, -0.25) is 0 Å². The second-order valence-corrected chi connectivity index (χ2v) is 7.47. The molecule has 0 unspecified atom stereocenters. The third kappa shape index (κ3) is 4.62. The van der Waals surface area contributed by atoms with Crippen LogP contribution >= 0.6 is 0 Å². The molecule has 10 nitrogen and oxygen atoms in total. The SMILES string of the molecule is CNc1cc(F)c(Nc2ccc(C)nn2)cc1Nc1ccc(CO)c(-n2nc(C#N)cc2C)n1. The summed E-state index contributed by atoms with van der Waals surface area (Å²) in [7, 11) is 1.68. The maximum Gasteiger partial charge on any atom is 0.163 e. The molecule has 0 spiro atoms. The fraction of sp³-hybridized carbons (Fsp3) is 0.174. The molecular weight excluding hydrogens is 437 g/mol. The first-order valence-corrected chi connectivity index (χ1v) is 10.4. The predicted octanol–water partition coefficient (Wildman–Crippen LogP) is 3.71. The highest BCUT2D eigenvalue weighted by atomic mass is 19.1. The van der Waals surface area contributed by atoms with Gasteiger partial charge in [-0.25, -0.2) is 14.1 Å². The van der Waals surface area contributed by atoms with Gasteiger partial charge in [0.25, 0.3) is 0 Å². The Balaban J connectivity index is 1.70. The van der Waals surface area contributed by atoms with Crippen LogP contribution in [0.15, 0.2) is 42.5 Å². The fourth-order valence-electron chi connectivity index (χ4n) is 3.32. The van der Waals surface area contributed by atoms with Crippen LogP contribution in [0.4, 0.5) is 33.1 Å². The lowest BCUT2D eigenvalue weighted by atomic mass is 10.2. The van der Waals surface area contributed by atoms with Crippen LogP contribution in [-0.2, 0) is 6.61 Å².